The van der Waals surface area contributed by atoms with E-state index < -0.39 is 110 Å². The second-order valence-electron chi connectivity index (χ2n) is 20.5. The molecule has 1 fully saturated rings. The standard InChI is InChI=1S/C58H96N2O15/c1-4-7-9-11-13-15-17-19-21-23-27-32-49(62)60-54-56(75-53(69)33-29-24-22-20-18-16-14-12-10-8-5-2)55(70)47(74-58(54)73-45(40-51(65)66)41-52(67)68)42-72-57(71)46(38-39-50(63)64)59-48(61)31-28-25-26-30-44-36-34-43(6-3)35-37-44/h34-37,45-47,54-56,58,70H,4-33,38-42H2,1-3H3,(H,59,61)(H,60,62)(H,63,64)(H,65,66)(H,67,68)/t46?,47-,54-,55-,56-,58+/m1/s1. The Balaban J connectivity index is 2.24. The average Bonchev–Trinajstić information content (AvgIpc) is 3.37. The van der Waals surface area contributed by atoms with Gasteiger partial charge >= 0.3 is 29.8 Å². The summed E-state index contributed by atoms with van der Waals surface area (Å²) in [5.74, 6) is -6.71. The number of carboxylic acid groups (broad SMARTS) is 3. The second kappa shape index (κ2) is 41.5. The van der Waals surface area contributed by atoms with Gasteiger partial charge in [0, 0.05) is 25.7 Å². The molecule has 0 saturated carbocycles. The van der Waals surface area contributed by atoms with Crippen LogP contribution in [0.1, 0.15) is 237 Å². The second-order valence-corrected chi connectivity index (χ2v) is 20.5. The molecule has 0 aromatic heterocycles. The molecule has 17 heteroatoms. The number of esters is 2. The number of benzene rings is 1. The van der Waals surface area contributed by atoms with Gasteiger partial charge in [0.25, 0.3) is 0 Å². The van der Waals surface area contributed by atoms with Gasteiger partial charge in [-0.15, -0.1) is 0 Å². The average molecular weight is 1060 g/mol. The first-order valence-electron chi connectivity index (χ1n) is 28.8. The largest absolute Gasteiger partial charge is 0.481 e. The summed E-state index contributed by atoms with van der Waals surface area (Å²) in [4.78, 5) is 89.4. The van der Waals surface area contributed by atoms with Crippen molar-refractivity contribution in [2.24, 2.45) is 0 Å². The number of hydrogen-bond donors (Lipinski definition) is 6. The van der Waals surface area contributed by atoms with Gasteiger partial charge in [-0.25, -0.2) is 4.79 Å². The molecular formula is C58H96N2O15. The Hall–Kier alpha value is -4.61. The molecule has 1 aliphatic heterocycles. The van der Waals surface area contributed by atoms with Crippen LogP contribution in [0.15, 0.2) is 24.3 Å². The normalized spacial score (nSPS) is 17.8. The first-order valence-corrected chi connectivity index (χ1v) is 28.8. The third-order valence-electron chi connectivity index (χ3n) is 13.8. The zero-order chi connectivity index (χ0) is 55.1. The summed E-state index contributed by atoms with van der Waals surface area (Å²) in [5.41, 5.74) is 2.44. The van der Waals surface area contributed by atoms with Gasteiger partial charge in [0.15, 0.2) is 12.4 Å². The summed E-state index contributed by atoms with van der Waals surface area (Å²) in [6.07, 6.45) is 16.8. The first-order chi connectivity index (χ1) is 36.2. The number of ether oxygens (including phenoxy) is 4. The van der Waals surface area contributed by atoms with Crippen LogP contribution < -0.4 is 10.6 Å². The predicted octanol–water partition coefficient (Wildman–Crippen LogP) is 10.5. The van der Waals surface area contributed by atoms with Gasteiger partial charge in [-0.1, -0.05) is 180 Å². The number of amides is 2. The summed E-state index contributed by atoms with van der Waals surface area (Å²) in [5, 5.41) is 46.1. The quantitative estimate of drug-likeness (QED) is 0.0262. The van der Waals surface area contributed by atoms with Crippen molar-refractivity contribution in [2.45, 2.75) is 282 Å². The molecule has 1 aliphatic rings. The monoisotopic (exact) mass is 1060 g/mol. The number of unbranched alkanes of at least 4 members (excludes halogenated alkanes) is 22. The maximum absolute atomic E-state index is 13.6. The van der Waals surface area contributed by atoms with Gasteiger partial charge in [-0.3, -0.25) is 28.8 Å². The van der Waals surface area contributed by atoms with Crippen molar-refractivity contribution in [2.75, 3.05) is 6.61 Å². The molecule has 2 amide bonds. The number of carboxylic acids is 3. The summed E-state index contributed by atoms with van der Waals surface area (Å²) in [6, 6.07) is 5.53. The Bertz CT molecular complexity index is 1740. The molecule has 428 valence electrons. The highest BCUT2D eigenvalue weighted by Gasteiger charge is 2.50. The minimum absolute atomic E-state index is 0.0237. The summed E-state index contributed by atoms with van der Waals surface area (Å²) >= 11 is 0. The van der Waals surface area contributed by atoms with Gasteiger partial charge in [0.2, 0.25) is 11.8 Å². The van der Waals surface area contributed by atoms with E-state index in [-0.39, 0.29) is 25.7 Å². The number of carbonyl (C=O) groups is 7. The van der Waals surface area contributed by atoms with Crippen molar-refractivity contribution >= 4 is 41.7 Å². The van der Waals surface area contributed by atoms with Crippen molar-refractivity contribution in [3.8, 4) is 0 Å². The molecule has 0 aliphatic carbocycles. The number of hydrogen-bond acceptors (Lipinski definition) is 12. The number of rotatable bonds is 46. The van der Waals surface area contributed by atoms with Crippen LogP contribution in [0.3, 0.4) is 0 Å². The third kappa shape index (κ3) is 31.9. The van der Waals surface area contributed by atoms with Crippen LogP contribution in [0.2, 0.25) is 0 Å². The van der Waals surface area contributed by atoms with Crippen LogP contribution in [0, 0.1) is 0 Å². The number of aliphatic hydroxyl groups excluding tert-OH is 1. The highest BCUT2D eigenvalue weighted by Crippen LogP contribution is 2.29. The lowest BCUT2D eigenvalue weighted by atomic mass is 9.95. The molecule has 1 aromatic carbocycles. The van der Waals surface area contributed by atoms with Crippen LogP contribution in [-0.4, -0.2) is 111 Å². The van der Waals surface area contributed by atoms with Gasteiger partial charge in [0.05, 0.1) is 18.9 Å². The van der Waals surface area contributed by atoms with Crippen molar-refractivity contribution in [1.82, 2.24) is 10.6 Å². The number of aryl methyl sites for hydroxylation is 2. The lowest BCUT2D eigenvalue weighted by molar-refractivity contribution is -0.286. The summed E-state index contributed by atoms with van der Waals surface area (Å²) in [7, 11) is 0. The Morgan fingerprint density at radius 3 is 1.53 bits per heavy atom. The maximum Gasteiger partial charge on any atom is 0.328 e. The zero-order valence-electron chi connectivity index (χ0n) is 45.9. The Morgan fingerprint density at radius 1 is 0.573 bits per heavy atom. The van der Waals surface area contributed by atoms with E-state index in [1.54, 1.807) is 0 Å². The van der Waals surface area contributed by atoms with Crippen LogP contribution in [0.5, 0.6) is 0 Å². The third-order valence-corrected chi connectivity index (χ3v) is 13.8. The fourth-order valence-electron chi connectivity index (χ4n) is 9.34. The van der Waals surface area contributed by atoms with Crippen molar-refractivity contribution in [3.05, 3.63) is 35.4 Å². The molecule has 1 aromatic rings. The molecule has 1 heterocycles. The van der Waals surface area contributed by atoms with Gasteiger partial charge < -0.3 is 50.0 Å². The fourth-order valence-corrected chi connectivity index (χ4v) is 9.34. The number of aliphatic hydroxyl groups is 1. The minimum atomic E-state index is -1.78. The molecule has 2 rings (SSSR count). The van der Waals surface area contributed by atoms with Crippen molar-refractivity contribution < 1.29 is 72.9 Å². The molecule has 0 bridgehead atoms. The first kappa shape index (κ1) is 66.5. The van der Waals surface area contributed by atoms with Crippen LogP contribution in [0.4, 0.5) is 0 Å². The highest BCUT2D eigenvalue weighted by molar-refractivity contribution is 5.85. The van der Waals surface area contributed by atoms with Crippen LogP contribution in [-0.2, 0) is 65.4 Å². The van der Waals surface area contributed by atoms with E-state index in [9.17, 15) is 54.0 Å². The van der Waals surface area contributed by atoms with E-state index in [0.717, 1.165) is 89.9 Å². The van der Waals surface area contributed by atoms with E-state index in [2.05, 4.69) is 55.7 Å². The lowest BCUT2D eigenvalue weighted by Crippen LogP contribution is -2.66. The molecule has 1 unspecified atom stereocenters. The molecular weight excluding hydrogens is 965 g/mol. The van der Waals surface area contributed by atoms with E-state index >= 15 is 0 Å². The molecule has 17 nitrogen and oxygen atoms in total. The summed E-state index contributed by atoms with van der Waals surface area (Å²) < 4.78 is 23.6. The number of aliphatic carboxylic acids is 3. The van der Waals surface area contributed by atoms with E-state index in [4.69, 9.17) is 18.9 Å². The zero-order valence-corrected chi connectivity index (χ0v) is 45.9. The van der Waals surface area contributed by atoms with Crippen LogP contribution >= 0.6 is 0 Å². The SMILES string of the molecule is CCCCCCCCCCCCCC(=O)N[C@H]1[C@@H](OC(CC(=O)O)CC(=O)O)O[C@H](COC(=O)C(CCC(=O)O)NC(=O)CCCCCc2ccc(CC)cc2)[C@@H](O)[C@@H]1OC(=O)CCCCCCCCCCCCC. The number of nitrogens with one attached hydrogen (secondary N) is 2. The topological polar surface area (TPSA) is 261 Å². The molecule has 6 N–H and O–H groups in total. The van der Waals surface area contributed by atoms with Crippen molar-refractivity contribution in [3.63, 3.8) is 0 Å². The Labute approximate surface area is 447 Å². The van der Waals surface area contributed by atoms with Crippen molar-refractivity contribution in [1.29, 1.82) is 0 Å². The van der Waals surface area contributed by atoms with Gasteiger partial charge in [-0.05, 0) is 56.1 Å². The lowest BCUT2D eigenvalue weighted by Gasteiger charge is -2.44. The maximum atomic E-state index is 13.6. The molecule has 0 spiro atoms. The molecule has 0 radical (unpaired) electrons. The Kier molecular flexibility index (Phi) is 36.8. The predicted molar refractivity (Wildman–Crippen MR) is 286 cm³/mol. The number of carbonyl (C=O) groups excluding carboxylic acids is 4. The van der Waals surface area contributed by atoms with E-state index in [1.807, 2.05) is 0 Å². The smallest absolute Gasteiger partial charge is 0.328 e. The molecule has 6 atom stereocenters. The van der Waals surface area contributed by atoms with E-state index in [0.29, 0.717) is 19.3 Å². The Morgan fingerprint density at radius 2 is 1.04 bits per heavy atom. The van der Waals surface area contributed by atoms with Gasteiger partial charge in [0.1, 0.15) is 30.9 Å². The molecule has 75 heavy (non-hydrogen) atoms. The van der Waals surface area contributed by atoms with Gasteiger partial charge in [-0.2, -0.15) is 0 Å². The summed E-state index contributed by atoms with van der Waals surface area (Å²) in [6.45, 7) is 5.73. The minimum Gasteiger partial charge on any atom is -0.481 e. The fraction of sp³-hybridized carbons (Fsp3) is 0.776. The molecule has 1 saturated heterocycles. The van der Waals surface area contributed by atoms with Crippen LogP contribution in [0.25, 0.3) is 0 Å². The van der Waals surface area contributed by atoms with E-state index in [1.165, 1.54) is 75.3 Å². The highest BCUT2D eigenvalue weighted by atomic mass is 16.7.